The Balaban J connectivity index is 1.65. The Bertz CT molecular complexity index is 1320. The molecule has 2 heterocycles. The van der Waals surface area contributed by atoms with E-state index < -0.39 is 5.97 Å². The van der Waals surface area contributed by atoms with Crippen molar-refractivity contribution in [3.05, 3.63) is 46.5 Å². The van der Waals surface area contributed by atoms with Gasteiger partial charge in [0, 0.05) is 51.6 Å². The van der Waals surface area contributed by atoms with Gasteiger partial charge >= 0.3 is 5.97 Å². The lowest BCUT2D eigenvalue weighted by Gasteiger charge is -2.29. The van der Waals surface area contributed by atoms with Crippen LogP contribution in [0.3, 0.4) is 0 Å². The smallest absolute Gasteiger partial charge is 0.355 e. The van der Waals surface area contributed by atoms with Crippen molar-refractivity contribution in [3.63, 3.8) is 0 Å². The Morgan fingerprint density at radius 2 is 1.89 bits per heavy atom. The molecule has 186 valence electrons. The first-order valence-corrected chi connectivity index (χ1v) is 14.0. The molecule has 2 saturated carbocycles. The van der Waals surface area contributed by atoms with Crippen LogP contribution >= 0.6 is 21.2 Å². The molecule has 0 spiro atoms. The third kappa shape index (κ3) is 5.03. The number of aryl methyl sites for hydroxylation is 1. The van der Waals surface area contributed by atoms with Crippen LogP contribution in [0.25, 0.3) is 22.0 Å². The first-order chi connectivity index (χ1) is 16.9. The number of carbonyl (C=O) groups is 1. The topological polar surface area (TPSA) is 65.3 Å². The lowest BCUT2D eigenvalue weighted by Crippen LogP contribution is -2.25. The second-order valence-electron chi connectivity index (χ2n) is 9.97. The number of pyridine rings is 1. The van der Waals surface area contributed by atoms with E-state index in [1.165, 1.54) is 30.6 Å². The van der Waals surface area contributed by atoms with E-state index in [1.807, 2.05) is 18.0 Å². The zero-order chi connectivity index (χ0) is 24.7. The van der Waals surface area contributed by atoms with Crippen LogP contribution in [0, 0.1) is 5.92 Å². The molecule has 1 N–H and O–H groups in total. The molecule has 0 amide bonds. The van der Waals surface area contributed by atoms with Crippen molar-refractivity contribution in [3.8, 4) is 11.1 Å². The van der Waals surface area contributed by atoms with Crippen molar-refractivity contribution in [1.82, 2.24) is 8.90 Å². The second-order valence-corrected chi connectivity index (χ2v) is 11.9. The summed E-state index contributed by atoms with van der Waals surface area (Å²) in [6.45, 7) is 4.40. The molecule has 1 unspecified atom stereocenters. The summed E-state index contributed by atoms with van der Waals surface area (Å²) in [7, 11) is 4.29. The van der Waals surface area contributed by atoms with Crippen molar-refractivity contribution in [1.29, 1.82) is 0 Å². The molecule has 2 aliphatic carbocycles. The third-order valence-corrected chi connectivity index (χ3v) is 9.01. The highest BCUT2D eigenvalue weighted by atomic mass is 32.2. The fourth-order valence-corrected chi connectivity index (χ4v) is 6.48. The Labute approximate surface area is 213 Å². The molecule has 6 nitrogen and oxygen atoms in total. The van der Waals surface area contributed by atoms with E-state index in [9.17, 15) is 9.59 Å². The zero-order valence-corrected chi connectivity index (χ0v) is 22.6. The van der Waals surface area contributed by atoms with Gasteiger partial charge in [-0.3, -0.25) is 4.79 Å². The van der Waals surface area contributed by atoms with Crippen LogP contribution in [0.5, 0.6) is 0 Å². The first-order valence-electron chi connectivity index (χ1n) is 12.6. The minimum absolute atomic E-state index is 0.145. The summed E-state index contributed by atoms with van der Waals surface area (Å²) >= 11 is 1.93. The summed E-state index contributed by atoms with van der Waals surface area (Å²) in [5.41, 5.74) is 3.79. The molecular weight excluding hydrogens is 477 g/mol. The Morgan fingerprint density at radius 3 is 2.57 bits per heavy atom. The highest BCUT2D eigenvalue weighted by Gasteiger charge is 2.26. The van der Waals surface area contributed by atoms with E-state index in [4.69, 9.17) is 4.74 Å². The average Bonchev–Trinajstić information content (AvgIpc) is 3.58. The maximum atomic E-state index is 13.1. The number of ether oxygens (including phenoxy) is 1. The van der Waals surface area contributed by atoms with Gasteiger partial charge in [0.15, 0.2) is 0 Å². The molecule has 2 aromatic heterocycles. The Hall–Kier alpha value is -2.24. The van der Waals surface area contributed by atoms with Crippen molar-refractivity contribution in [2.24, 2.45) is 13.0 Å². The van der Waals surface area contributed by atoms with E-state index in [0.717, 1.165) is 41.0 Å². The molecule has 35 heavy (non-hydrogen) atoms. The number of rotatable bonds is 7. The largest absolute Gasteiger partial charge is 0.461 e. The lowest BCUT2D eigenvalue weighted by atomic mass is 9.87. The predicted molar refractivity (Wildman–Crippen MR) is 148 cm³/mol. The molecule has 2 fully saturated rings. The van der Waals surface area contributed by atoms with Crippen molar-refractivity contribution in [2.75, 3.05) is 11.9 Å². The first kappa shape index (κ1) is 24.5. The number of thioether (sulfide) groups is 1. The summed E-state index contributed by atoms with van der Waals surface area (Å²) in [4.78, 5) is 27.0. The number of anilines is 1. The van der Waals surface area contributed by atoms with Gasteiger partial charge in [-0.05, 0) is 85.0 Å². The van der Waals surface area contributed by atoms with Gasteiger partial charge in [0.25, 0.3) is 5.56 Å². The van der Waals surface area contributed by atoms with Gasteiger partial charge < -0.3 is 19.0 Å². The van der Waals surface area contributed by atoms with E-state index >= 15 is 0 Å². The Kier molecular flexibility index (Phi) is 7.00. The highest BCUT2D eigenvalue weighted by molar-refractivity contribution is 8.00. The molecule has 0 radical (unpaired) electrons. The Morgan fingerprint density at radius 1 is 1.14 bits per heavy atom. The van der Waals surface area contributed by atoms with Crippen molar-refractivity contribution >= 4 is 43.7 Å². The number of hydrogen-bond acceptors (Lipinski definition) is 5. The van der Waals surface area contributed by atoms with Crippen LogP contribution in [0.1, 0.15) is 62.9 Å². The SMILES string of the molecule is CCOC(=O)c1cc2c(-c3cc(SC4CC4)ccc3NC3CCC(C)CC3)cn(C)c(=O)c2n1P. The van der Waals surface area contributed by atoms with E-state index in [2.05, 4.69) is 39.8 Å². The molecule has 0 saturated heterocycles. The fourth-order valence-electron chi connectivity index (χ4n) is 4.96. The molecule has 8 heteroatoms. The van der Waals surface area contributed by atoms with E-state index in [1.54, 1.807) is 28.9 Å². The van der Waals surface area contributed by atoms with Crippen LogP contribution in [-0.4, -0.2) is 32.8 Å². The molecule has 1 aromatic carbocycles. The molecule has 1 atom stereocenters. The average molecular weight is 512 g/mol. The lowest BCUT2D eigenvalue weighted by molar-refractivity contribution is 0.0519. The number of aromatic nitrogens is 2. The summed E-state index contributed by atoms with van der Waals surface area (Å²) < 4.78 is 8.46. The number of nitrogens with one attached hydrogen (secondary N) is 1. The van der Waals surface area contributed by atoms with Crippen LogP contribution in [0.15, 0.2) is 40.2 Å². The standard InChI is InChI=1S/C27H34N3O3PS/c1-4-33-27(32)24-14-21-22(15-29(3)26(31)25(21)30(24)34)20-13-19(35-18-9-10-18)11-12-23(20)28-17-7-5-16(2)6-8-17/h11-18,28H,4-10,34H2,1-3H3. The van der Waals surface area contributed by atoms with Crippen LogP contribution in [0.2, 0.25) is 0 Å². The van der Waals surface area contributed by atoms with Crippen molar-refractivity contribution < 1.29 is 9.53 Å². The molecular formula is C27H34N3O3PS. The summed E-state index contributed by atoms with van der Waals surface area (Å²) in [6.07, 6.45) is 9.25. The summed E-state index contributed by atoms with van der Waals surface area (Å²) in [6, 6.07) is 8.89. The minimum atomic E-state index is -0.431. The highest BCUT2D eigenvalue weighted by Crippen LogP contribution is 2.43. The van der Waals surface area contributed by atoms with Gasteiger partial charge in [-0.15, -0.1) is 11.8 Å². The van der Waals surface area contributed by atoms with Gasteiger partial charge in [0.05, 0.1) is 6.61 Å². The predicted octanol–water partition coefficient (Wildman–Crippen LogP) is 6.07. The maximum absolute atomic E-state index is 13.1. The van der Waals surface area contributed by atoms with Gasteiger partial charge in [-0.1, -0.05) is 6.92 Å². The molecule has 3 aromatic rings. The number of carbonyl (C=O) groups excluding carboxylic acids is 1. The van der Waals surface area contributed by atoms with Crippen LogP contribution < -0.4 is 10.9 Å². The zero-order valence-electron chi connectivity index (χ0n) is 20.7. The maximum Gasteiger partial charge on any atom is 0.355 e. The fraction of sp³-hybridized carbons (Fsp3) is 0.481. The van der Waals surface area contributed by atoms with Gasteiger partial charge in [-0.2, -0.15) is 0 Å². The molecule has 0 bridgehead atoms. The van der Waals surface area contributed by atoms with Gasteiger partial charge in [0.2, 0.25) is 0 Å². The summed E-state index contributed by atoms with van der Waals surface area (Å²) in [5, 5.41) is 5.29. The number of esters is 1. The number of hydrogen-bond donors (Lipinski definition) is 1. The number of nitrogens with zero attached hydrogens (tertiary/aromatic N) is 2. The van der Waals surface area contributed by atoms with Gasteiger partial charge in [-0.25, -0.2) is 4.79 Å². The van der Waals surface area contributed by atoms with Crippen LogP contribution in [0.4, 0.5) is 5.69 Å². The second kappa shape index (κ2) is 10.0. The van der Waals surface area contributed by atoms with Gasteiger partial charge in [0.1, 0.15) is 11.2 Å². The monoisotopic (exact) mass is 511 g/mol. The third-order valence-electron chi connectivity index (χ3n) is 7.14. The summed E-state index contributed by atoms with van der Waals surface area (Å²) in [5.74, 6) is 0.357. The quantitative estimate of drug-likeness (QED) is 0.308. The molecule has 0 aliphatic heterocycles. The van der Waals surface area contributed by atoms with E-state index in [0.29, 0.717) is 22.5 Å². The van der Waals surface area contributed by atoms with Crippen molar-refractivity contribution in [2.45, 2.75) is 68.6 Å². The molecule has 5 rings (SSSR count). The van der Waals surface area contributed by atoms with Crippen LogP contribution in [-0.2, 0) is 11.8 Å². The normalized spacial score (nSPS) is 20.2. The molecule has 2 aliphatic rings. The van der Waals surface area contributed by atoms with E-state index in [-0.39, 0.29) is 12.2 Å². The number of benzene rings is 1. The minimum Gasteiger partial charge on any atom is -0.461 e. The number of fused-ring (bicyclic) bond motifs is 1.